The molecule has 0 aromatic heterocycles. The number of allylic oxidation sites excluding steroid dienone is 1. The van der Waals surface area contributed by atoms with Gasteiger partial charge in [-0.3, -0.25) is 9.10 Å². The van der Waals surface area contributed by atoms with Gasteiger partial charge in [0, 0.05) is 26.2 Å². The highest BCUT2D eigenvalue weighted by Crippen LogP contribution is 2.27. The first kappa shape index (κ1) is 24.6. The fraction of sp³-hybridized carbons (Fsp3) is 0.625. The molecule has 178 valence electrons. The number of nitrogens with zero attached hydrogens (tertiary/aromatic N) is 2. The summed E-state index contributed by atoms with van der Waals surface area (Å²) in [5.41, 5.74) is 2.03. The molecule has 7 nitrogen and oxygen atoms in total. The van der Waals surface area contributed by atoms with Gasteiger partial charge in [0.05, 0.1) is 18.2 Å². The highest BCUT2D eigenvalue weighted by molar-refractivity contribution is 7.90. The molecule has 1 aromatic rings. The van der Waals surface area contributed by atoms with E-state index in [1.54, 1.807) is 24.3 Å². The molecule has 0 spiro atoms. The number of ether oxygens (including phenoxy) is 1. The molecular formula is C24H37N3O4S. The number of rotatable bonds is 10. The van der Waals surface area contributed by atoms with Crippen LogP contribution in [0.25, 0.3) is 0 Å². The van der Waals surface area contributed by atoms with Crippen LogP contribution in [0.5, 0.6) is 5.75 Å². The maximum Gasteiger partial charge on any atom is 0.304 e. The summed E-state index contributed by atoms with van der Waals surface area (Å²) in [4.78, 5) is 12.7. The smallest absolute Gasteiger partial charge is 0.304 e. The zero-order chi connectivity index (χ0) is 23.0. The molecule has 1 heterocycles. The molecule has 32 heavy (non-hydrogen) atoms. The van der Waals surface area contributed by atoms with Crippen molar-refractivity contribution in [3.8, 4) is 5.75 Å². The van der Waals surface area contributed by atoms with Gasteiger partial charge in [0.15, 0.2) is 0 Å². The second-order valence-corrected chi connectivity index (χ2v) is 10.3. The van der Waals surface area contributed by atoms with Gasteiger partial charge in [0.1, 0.15) is 5.75 Å². The molecule has 1 aliphatic carbocycles. The molecule has 0 saturated carbocycles. The first-order valence-electron chi connectivity index (χ1n) is 11.9. The van der Waals surface area contributed by atoms with Crippen LogP contribution in [-0.2, 0) is 15.0 Å². The Kier molecular flexibility index (Phi) is 8.99. The quantitative estimate of drug-likeness (QED) is 0.534. The largest absolute Gasteiger partial charge is 0.494 e. The fourth-order valence-electron chi connectivity index (χ4n) is 4.48. The second kappa shape index (κ2) is 11.7. The average molecular weight is 464 g/mol. The Labute approximate surface area is 193 Å². The lowest BCUT2D eigenvalue weighted by molar-refractivity contribution is -0.126. The van der Waals surface area contributed by atoms with E-state index in [0.717, 1.165) is 25.7 Å². The van der Waals surface area contributed by atoms with Crippen molar-refractivity contribution in [2.45, 2.75) is 58.8 Å². The van der Waals surface area contributed by atoms with E-state index in [1.807, 2.05) is 13.8 Å². The molecule has 1 saturated heterocycles. The molecule has 0 unspecified atom stereocenters. The predicted octanol–water partition coefficient (Wildman–Crippen LogP) is 3.88. The van der Waals surface area contributed by atoms with E-state index >= 15 is 0 Å². The summed E-state index contributed by atoms with van der Waals surface area (Å²) in [5.74, 6) is 0.367. The van der Waals surface area contributed by atoms with Crippen LogP contribution in [0.4, 0.5) is 5.69 Å². The fourth-order valence-corrected chi connectivity index (χ4v) is 6.20. The minimum Gasteiger partial charge on any atom is -0.494 e. The Morgan fingerprint density at radius 2 is 1.97 bits per heavy atom. The predicted molar refractivity (Wildman–Crippen MR) is 128 cm³/mol. The lowest BCUT2D eigenvalue weighted by Gasteiger charge is -2.35. The van der Waals surface area contributed by atoms with Gasteiger partial charge in [-0.25, -0.2) is 0 Å². The Balaban J connectivity index is 1.60. The van der Waals surface area contributed by atoms with Gasteiger partial charge < -0.3 is 10.1 Å². The normalized spacial score (nSPS) is 19.8. The minimum absolute atomic E-state index is 0.0366. The molecule has 0 bridgehead atoms. The van der Waals surface area contributed by atoms with Crippen molar-refractivity contribution in [3.63, 3.8) is 0 Å². The van der Waals surface area contributed by atoms with Crippen LogP contribution in [-0.4, -0.2) is 51.4 Å². The van der Waals surface area contributed by atoms with E-state index in [9.17, 15) is 13.2 Å². The van der Waals surface area contributed by atoms with Gasteiger partial charge in [0.25, 0.3) is 0 Å². The number of carbonyl (C=O) groups excluding carboxylic acids is 1. The Morgan fingerprint density at radius 3 is 2.62 bits per heavy atom. The maximum absolute atomic E-state index is 13.4. The van der Waals surface area contributed by atoms with Crippen molar-refractivity contribution in [1.29, 1.82) is 0 Å². The van der Waals surface area contributed by atoms with E-state index in [2.05, 4.69) is 11.4 Å². The summed E-state index contributed by atoms with van der Waals surface area (Å²) in [5, 5.41) is 3.04. The van der Waals surface area contributed by atoms with Crippen LogP contribution in [0.3, 0.4) is 0 Å². The number of hydrogen-bond donors (Lipinski definition) is 1. The average Bonchev–Trinajstić information content (AvgIpc) is 2.81. The zero-order valence-corrected chi connectivity index (χ0v) is 20.2. The molecule has 3 rings (SSSR count). The van der Waals surface area contributed by atoms with Crippen LogP contribution in [0.2, 0.25) is 0 Å². The number of amides is 1. The van der Waals surface area contributed by atoms with Gasteiger partial charge in [-0.1, -0.05) is 11.6 Å². The summed E-state index contributed by atoms with van der Waals surface area (Å²) in [6, 6.07) is 7.09. The van der Waals surface area contributed by atoms with Gasteiger partial charge >= 0.3 is 10.2 Å². The van der Waals surface area contributed by atoms with E-state index in [1.165, 1.54) is 27.0 Å². The summed E-state index contributed by atoms with van der Waals surface area (Å²) in [6.45, 7) is 5.90. The first-order valence-corrected chi connectivity index (χ1v) is 13.3. The third-order valence-corrected chi connectivity index (χ3v) is 8.22. The van der Waals surface area contributed by atoms with Crippen LogP contribution in [0.15, 0.2) is 35.9 Å². The topological polar surface area (TPSA) is 79.0 Å². The standard InChI is InChI=1S/C24H37N3O4S/c1-3-27(22-12-14-23(15-13-22)31-4-2)32(29,30)26-18-8-11-21(19-26)24(28)25-17-16-20-9-6-5-7-10-20/h9,12-15,21H,3-8,10-11,16-19H2,1-2H3,(H,25,28)/t21-/m1/s1. The van der Waals surface area contributed by atoms with E-state index in [-0.39, 0.29) is 18.4 Å². The second-order valence-electron chi connectivity index (χ2n) is 8.45. The molecule has 1 aromatic carbocycles. The third kappa shape index (κ3) is 6.25. The van der Waals surface area contributed by atoms with Crippen LogP contribution in [0, 0.1) is 5.92 Å². The summed E-state index contributed by atoms with van der Waals surface area (Å²) < 4.78 is 35.1. The molecule has 0 radical (unpaired) electrons. The molecule has 1 amide bonds. The van der Waals surface area contributed by atoms with Gasteiger partial charge in [-0.15, -0.1) is 0 Å². The lowest BCUT2D eigenvalue weighted by atomic mass is 9.96. The molecule has 1 N–H and O–H groups in total. The van der Waals surface area contributed by atoms with Crippen molar-refractivity contribution < 1.29 is 17.9 Å². The van der Waals surface area contributed by atoms with Crippen molar-refractivity contribution in [1.82, 2.24) is 9.62 Å². The monoisotopic (exact) mass is 463 g/mol. The van der Waals surface area contributed by atoms with Gasteiger partial charge in [-0.05, 0) is 83.1 Å². The number of carbonyl (C=O) groups is 1. The third-order valence-electron chi connectivity index (χ3n) is 6.21. The van der Waals surface area contributed by atoms with Crippen molar-refractivity contribution >= 4 is 21.8 Å². The van der Waals surface area contributed by atoms with Crippen LogP contribution in [0.1, 0.15) is 58.8 Å². The number of nitrogens with one attached hydrogen (secondary N) is 1. The van der Waals surface area contributed by atoms with Crippen LogP contribution < -0.4 is 14.4 Å². The lowest BCUT2D eigenvalue weighted by Crippen LogP contribution is -2.50. The summed E-state index contributed by atoms with van der Waals surface area (Å²) in [6.07, 6.45) is 9.35. The minimum atomic E-state index is -3.72. The number of hydrogen-bond acceptors (Lipinski definition) is 4. The highest BCUT2D eigenvalue weighted by atomic mass is 32.2. The van der Waals surface area contributed by atoms with Gasteiger partial charge in [-0.2, -0.15) is 12.7 Å². The summed E-state index contributed by atoms with van der Waals surface area (Å²) in [7, 11) is -3.72. The zero-order valence-electron chi connectivity index (χ0n) is 19.4. The highest BCUT2D eigenvalue weighted by Gasteiger charge is 2.35. The van der Waals surface area contributed by atoms with E-state index in [0.29, 0.717) is 44.1 Å². The molecule has 1 atom stereocenters. The maximum atomic E-state index is 13.4. The Morgan fingerprint density at radius 1 is 1.19 bits per heavy atom. The molecular weight excluding hydrogens is 426 g/mol. The Bertz CT molecular complexity index is 883. The number of benzene rings is 1. The number of piperidine rings is 1. The molecule has 1 fully saturated rings. The van der Waals surface area contributed by atoms with E-state index in [4.69, 9.17) is 4.74 Å². The van der Waals surface area contributed by atoms with Gasteiger partial charge in [0.2, 0.25) is 5.91 Å². The SMILES string of the molecule is CCOc1ccc(N(CC)S(=O)(=O)N2CCC[C@@H](C(=O)NCCC3=CCCCC3)C2)cc1. The van der Waals surface area contributed by atoms with Crippen molar-refractivity contribution in [2.24, 2.45) is 5.92 Å². The molecule has 2 aliphatic rings. The van der Waals surface area contributed by atoms with Crippen LogP contribution >= 0.6 is 0 Å². The molecule has 8 heteroatoms. The Hall–Kier alpha value is -2.06. The molecule has 1 aliphatic heterocycles. The summed E-state index contributed by atoms with van der Waals surface area (Å²) >= 11 is 0. The number of anilines is 1. The first-order chi connectivity index (χ1) is 15.5. The van der Waals surface area contributed by atoms with Crippen molar-refractivity contribution in [3.05, 3.63) is 35.9 Å². The van der Waals surface area contributed by atoms with E-state index < -0.39 is 10.2 Å². The van der Waals surface area contributed by atoms with Crippen molar-refractivity contribution in [2.75, 3.05) is 37.1 Å².